The first-order valence-corrected chi connectivity index (χ1v) is 5.71. The molecule has 2 heterocycles. The van der Waals surface area contributed by atoms with Gasteiger partial charge in [0.05, 0.1) is 0 Å². The average molecular weight is 283 g/mol. The van der Waals surface area contributed by atoms with E-state index >= 15 is 0 Å². The molecule has 0 atom stereocenters. The van der Waals surface area contributed by atoms with E-state index in [1.165, 1.54) is 12.3 Å². The first-order chi connectivity index (χ1) is 8.63. The summed E-state index contributed by atoms with van der Waals surface area (Å²) in [6.07, 6.45) is 1.50. The number of nitrogens with one attached hydrogen (secondary N) is 2. The van der Waals surface area contributed by atoms with E-state index in [0.29, 0.717) is 21.8 Å². The van der Waals surface area contributed by atoms with E-state index in [0.717, 1.165) is 0 Å². The number of amides is 2. The van der Waals surface area contributed by atoms with Crippen LogP contribution in [0.4, 0.5) is 16.3 Å². The molecule has 0 radical (unpaired) electrons. The van der Waals surface area contributed by atoms with Crippen molar-refractivity contribution in [1.29, 1.82) is 0 Å². The number of pyridine rings is 2. The second-order valence-corrected chi connectivity index (χ2v) is 4.07. The van der Waals surface area contributed by atoms with Crippen molar-refractivity contribution in [1.82, 2.24) is 9.97 Å². The second kappa shape index (κ2) is 5.66. The zero-order valence-electron chi connectivity index (χ0n) is 9.02. The first kappa shape index (κ1) is 12.6. The maximum Gasteiger partial charge on any atom is 0.324 e. The molecule has 0 aliphatic carbocycles. The van der Waals surface area contributed by atoms with Crippen LogP contribution < -0.4 is 10.6 Å². The Bertz CT molecular complexity index is 527. The van der Waals surface area contributed by atoms with Gasteiger partial charge < -0.3 is 5.32 Å². The van der Waals surface area contributed by atoms with Crippen LogP contribution in [0.25, 0.3) is 0 Å². The molecule has 0 saturated heterocycles. The Kier molecular flexibility index (Phi) is 3.96. The van der Waals surface area contributed by atoms with Crippen molar-refractivity contribution < 1.29 is 4.79 Å². The number of carbonyl (C=O) groups excluding carboxylic acids is 1. The maximum absolute atomic E-state index is 11.6. The van der Waals surface area contributed by atoms with E-state index in [4.69, 9.17) is 23.2 Å². The Balaban J connectivity index is 2.01. The lowest BCUT2D eigenvalue weighted by Crippen LogP contribution is -2.20. The average Bonchev–Trinajstić information content (AvgIpc) is 2.28. The normalized spacial score (nSPS) is 9.89. The highest BCUT2D eigenvalue weighted by Crippen LogP contribution is 2.13. The van der Waals surface area contributed by atoms with Crippen LogP contribution in [0.5, 0.6) is 0 Å². The van der Waals surface area contributed by atoms with E-state index in [1.807, 2.05) is 0 Å². The van der Waals surface area contributed by atoms with E-state index < -0.39 is 6.03 Å². The standard InChI is InChI=1S/C11H8Cl2N4O/c12-8-2-1-3-10(16-8)17-11(18)15-7-4-5-14-9(13)6-7/h1-6H,(H2,14,15,16,17,18). The molecular weight excluding hydrogens is 275 g/mol. The molecule has 0 bridgehead atoms. The number of halogens is 2. The molecule has 2 rings (SSSR count). The SMILES string of the molecule is O=C(Nc1ccnc(Cl)c1)Nc1cccc(Cl)n1. The molecule has 5 nitrogen and oxygen atoms in total. The van der Waals surface area contributed by atoms with Crippen LogP contribution in [0.3, 0.4) is 0 Å². The third-order valence-electron chi connectivity index (χ3n) is 1.94. The predicted molar refractivity (Wildman–Crippen MR) is 71.1 cm³/mol. The number of rotatable bonds is 2. The molecule has 18 heavy (non-hydrogen) atoms. The van der Waals surface area contributed by atoms with Crippen LogP contribution in [0, 0.1) is 0 Å². The molecule has 0 aromatic carbocycles. The van der Waals surface area contributed by atoms with Crippen molar-refractivity contribution in [2.75, 3.05) is 10.6 Å². The number of aromatic nitrogens is 2. The molecule has 92 valence electrons. The van der Waals surface area contributed by atoms with Gasteiger partial charge in [-0.05, 0) is 24.3 Å². The Hall–Kier alpha value is -1.85. The van der Waals surface area contributed by atoms with Gasteiger partial charge in [0.15, 0.2) is 0 Å². The number of anilines is 2. The zero-order chi connectivity index (χ0) is 13.0. The van der Waals surface area contributed by atoms with Crippen LogP contribution >= 0.6 is 23.2 Å². The van der Waals surface area contributed by atoms with Gasteiger partial charge in [0.1, 0.15) is 16.1 Å². The van der Waals surface area contributed by atoms with Gasteiger partial charge in [-0.3, -0.25) is 5.32 Å². The molecule has 2 N–H and O–H groups in total. The van der Waals surface area contributed by atoms with Crippen molar-refractivity contribution >= 4 is 40.7 Å². The van der Waals surface area contributed by atoms with Crippen LogP contribution in [-0.4, -0.2) is 16.0 Å². The molecule has 2 aromatic heterocycles. The van der Waals surface area contributed by atoms with Gasteiger partial charge in [0.25, 0.3) is 0 Å². The maximum atomic E-state index is 11.6. The number of hydrogen-bond donors (Lipinski definition) is 2. The van der Waals surface area contributed by atoms with E-state index in [-0.39, 0.29) is 0 Å². The first-order valence-electron chi connectivity index (χ1n) is 4.95. The van der Waals surface area contributed by atoms with Gasteiger partial charge in [-0.1, -0.05) is 29.3 Å². The zero-order valence-corrected chi connectivity index (χ0v) is 10.5. The Morgan fingerprint density at radius 3 is 2.67 bits per heavy atom. The summed E-state index contributed by atoms with van der Waals surface area (Å²) in [5, 5.41) is 5.74. The van der Waals surface area contributed by atoms with E-state index in [1.54, 1.807) is 24.3 Å². The summed E-state index contributed by atoms with van der Waals surface area (Å²) >= 11 is 11.4. The fraction of sp³-hybridized carbons (Fsp3) is 0. The van der Waals surface area contributed by atoms with Crippen molar-refractivity contribution in [3.63, 3.8) is 0 Å². The fourth-order valence-electron chi connectivity index (χ4n) is 1.24. The molecular formula is C11H8Cl2N4O. The molecule has 2 amide bonds. The minimum absolute atomic E-state index is 0.300. The van der Waals surface area contributed by atoms with Crippen molar-refractivity contribution in [2.24, 2.45) is 0 Å². The predicted octanol–water partition coefficient (Wildman–Crippen LogP) is 3.43. The molecule has 2 aromatic rings. The molecule has 0 saturated carbocycles. The Labute approximate surface area is 113 Å². The lowest BCUT2D eigenvalue weighted by atomic mass is 10.4. The summed E-state index contributed by atoms with van der Waals surface area (Å²) in [5.41, 5.74) is 0.537. The second-order valence-electron chi connectivity index (χ2n) is 3.29. The lowest BCUT2D eigenvalue weighted by molar-refractivity contribution is 0.262. The summed E-state index contributed by atoms with van der Waals surface area (Å²) in [5.74, 6) is 0.361. The summed E-state index contributed by atoms with van der Waals surface area (Å²) in [6, 6.07) is 7.66. The van der Waals surface area contributed by atoms with Crippen LogP contribution in [0.1, 0.15) is 0 Å². The lowest BCUT2D eigenvalue weighted by Gasteiger charge is -2.06. The molecule has 0 fully saturated rings. The molecule has 0 aliphatic rings. The van der Waals surface area contributed by atoms with Crippen LogP contribution in [0.2, 0.25) is 10.3 Å². The third-order valence-corrected chi connectivity index (χ3v) is 2.36. The van der Waals surface area contributed by atoms with Crippen molar-refractivity contribution in [3.05, 3.63) is 46.8 Å². The van der Waals surface area contributed by atoms with Gasteiger partial charge >= 0.3 is 6.03 Å². The summed E-state index contributed by atoms with van der Waals surface area (Å²) in [7, 11) is 0. The highest BCUT2D eigenvalue weighted by Gasteiger charge is 2.04. The minimum atomic E-state index is -0.438. The summed E-state index contributed by atoms with van der Waals surface area (Å²) in [6.45, 7) is 0. The third kappa shape index (κ3) is 3.58. The van der Waals surface area contributed by atoms with E-state index in [9.17, 15) is 4.79 Å². The fourth-order valence-corrected chi connectivity index (χ4v) is 1.57. The van der Waals surface area contributed by atoms with Crippen LogP contribution in [0.15, 0.2) is 36.5 Å². The van der Waals surface area contributed by atoms with Gasteiger partial charge in [-0.25, -0.2) is 14.8 Å². The number of urea groups is 1. The van der Waals surface area contributed by atoms with Crippen LogP contribution in [-0.2, 0) is 0 Å². The van der Waals surface area contributed by atoms with E-state index in [2.05, 4.69) is 20.6 Å². The van der Waals surface area contributed by atoms with Crippen molar-refractivity contribution in [2.45, 2.75) is 0 Å². The highest BCUT2D eigenvalue weighted by molar-refractivity contribution is 6.30. The Morgan fingerprint density at radius 1 is 1.11 bits per heavy atom. The van der Waals surface area contributed by atoms with Gasteiger partial charge in [0.2, 0.25) is 0 Å². The molecule has 7 heteroatoms. The number of carbonyl (C=O) groups is 1. The summed E-state index contributed by atoms with van der Waals surface area (Å²) < 4.78 is 0. The monoisotopic (exact) mass is 282 g/mol. The largest absolute Gasteiger partial charge is 0.324 e. The molecule has 0 aliphatic heterocycles. The quantitative estimate of drug-likeness (QED) is 0.830. The molecule has 0 unspecified atom stereocenters. The van der Waals surface area contributed by atoms with Crippen molar-refractivity contribution in [3.8, 4) is 0 Å². The number of nitrogens with zero attached hydrogens (tertiary/aromatic N) is 2. The summed E-state index contributed by atoms with van der Waals surface area (Å²) in [4.78, 5) is 19.4. The minimum Gasteiger partial charge on any atom is -0.308 e. The van der Waals surface area contributed by atoms with Gasteiger partial charge in [0, 0.05) is 11.9 Å². The smallest absolute Gasteiger partial charge is 0.308 e. The Morgan fingerprint density at radius 2 is 1.94 bits per heavy atom. The van der Waals surface area contributed by atoms with Gasteiger partial charge in [-0.2, -0.15) is 0 Å². The number of hydrogen-bond acceptors (Lipinski definition) is 3. The highest BCUT2D eigenvalue weighted by atomic mass is 35.5. The van der Waals surface area contributed by atoms with Gasteiger partial charge in [-0.15, -0.1) is 0 Å². The topological polar surface area (TPSA) is 66.9 Å². The molecule has 0 spiro atoms.